The number of hydrogen-bond donors (Lipinski definition) is 1. The first kappa shape index (κ1) is 22.5. The van der Waals surface area contributed by atoms with Gasteiger partial charge in [0.25, 0.3) is 0 Å². The zero-order valence-corrected chi connectivity index (χ0v) is 19.2. The molecule has 2 aromatic heterocycles. The normalized spacial score (nSPS) is 14.4. The highest BCUT2D eigenvalue weighted by Crippen LogP contribution is 2.33. The molecule has 3 aromatic rings. The van der Waals surface area contributed by atoms with E-state index >= 15 is 0 Å². The summed E-state index contributed by atoms with van der Waals surface area (Å²) in [6, 6.07) is 12.1. The van der Waals surface area contributed by atoms with Gasteiger partial charge in [-0.1, -0.05) is 43.2 Å². The van der Waals surface area contributed by atoms with Crippen LogP contribution in [-0.2, 0) is 16.1 Å². The van der Waals surface area contributed by atoms with Crippen LogP contribution in [0.4, 0.5) is 5.69 Å². The van der Waals surface area contributed by atoms with E-state index in [0.29, 0.717) is 24.2 Å². The monoisotopic (exact) mass is 451 g/mol. The van der Waals surface area contributed by atoms with Crippen molar-refractivity contribution in [3.8, 4) is 11.4 Å². The van der Waals surface area contributed by atoms with Gasteiger partial charge in [-0.05, 0) is 48.6 Å². The van der Waals surface area contributed by atoms with Crippen LogP contribution in [0.2, 0.25) is 0 Å². The summed E-state index contributed by atoms with van der Waals surface area (Å²) in [5, 5.41) is 12.3. The Morgan fingerprint density at radius 3 is 2.56 bits per heavy atom. The van der Waals surface area contributed by atoms with Gasteiger partial charge in [-0.2, -0.15) is 0 Å². The third-order valence-electron chi connectivity index (χ3n) is 5.78. The summed E-state index contributed by atoms with van der Waals surface area (Å²) >= 11 is 1.37. The molecule has 0 spiro atoms. The molecule has 1 N–H and O–H groups in total. The Hall–Kier alpha value is -2.71. The molecule has 1 aliphatic carbocycles. The summed E-state index contributed by atoms with van der Waals surface area (Å²) in [5.41, 5.74) is 3.14. The molecule has 7 nitrogen and oxygen atoms in total. The fraction of sp³-hybridized carbons (Fsp3) is 0.417. The van der Waals surface area contributed by atoms with E-state index in [1.54, 1.807) is 19.5 Å². The number of rotatable bonds is 9. The topological polar surface area (TPSA) is 81.9 Å². The maximum absolute atomic E-state index is 12.6. The molecule has 0 radical (unpaired) electrons. The summed E-state index contributed by atoms with van der Waals surface area (Å²) in [6.45, 7) is 1.14. The van der Waals surface area contributed by atoms with Gasteiger partial charge in [-0.15, -0.1) is 10.2 Å². The molecule has 0 unspecified atom stereocenters. The van der Waals surface area contributed by atoms with Crippen molar-refractivity contribution < 1.29 is 9.53 Å². The number of hydrogen-bond acceptors (Lipinski definition) is 6. The molecule has 1 aromatic carbocycles. The second-order valence-electron chi connectivity index (χ2n) is 7.98. The predicted octanol–water partition coefficient (Wildman–Crippen LogP) is 4.77. The van der Waals surface area contributed by atoms with Crippen LogP contribution in [0.25, 0.3) is 11.4 Å². The summed E-state index contributed by atoms with van der Waals surface area (Å²) in [4.78, 5) is 16.6. The van der Waals surface area contributed by atoms with Crippen LogP contribution in [-0.4, -0.2) is 45.1 Å². The largest absolute Gasteiger partial charge is 0.383 e. The molecule has 2 heterocycles. The summed E-state index contributed by atoms with van der Waals surface area (Å²) in [6.07, 6.45) is 9.98. The number of aromatic nitrogens is 4. The number of pyridine rings is 1. The fourth-order valence-corrected chi connectivity index (χ4v) is 4.86. The van der Waals surface area contributed by atoms with Crippen LogP contribution in [0.5, 0.6) is 0 Å². The van der Waals surface area contributed by atoms with E-state index in [9.17, 15) is 4.79 Å². The van der Waals surface area contributed by atoms with Crippen LogP contribution in [0, 0.1) is 0 Å². The molecule has 1 amide bonds. The lowest BCUT2D eigenvalue weighted by atomic mass is 9.84. The van der Waals surface area contributed by atoms with Crippen LogP contribution in [0.3, 0.4) is 0 Å². The van der Waals surface area contributed by atoms with Gasteiger partial charge < -0.3 is 10.1 Å². The number of amides is 1. The van der Waals surface area contributed by atoms with Crippen molar-refractivity contribution in [2.75, 3.05) is 24.8 Å². The number of ether oxygens (including phenoxy) is 1. The maximum Gasteiger partial charge on any atom is 0.234 e. The first-order chi connectivity index (χ1) is 15.7. The Balaban J connectivity index is 1.36. The molecular weight excluding hydrogens is 422 g/mol. The zero-order chi connectivity index (χ0) is 22.2. The number of nitrogens with one attached hydrogen (secondary N) is 1. The van der Waals surface area contributed by atoms with Crippen molar-refractivity contribution >= 4 is 23.4 Å². The van der Waals surface area contributed by atoms with Crippen LogP contribution in [0.1, 0.15) is 43.6 Å². The van der Waals surface area contributed by atoms with E-state index in [0.717, 1.165) is 17.1 Å². The molecule has 1 saturated carbocycles. The highest BCUT2D eigenvalue weighted by molar-refractivity contribution is 7.99. The number of thioether (sulfide) groups is 1. The van der Waals surface area contributed by atoms with Gasteiger partial charge in [-0.3, -0.25) is 14.3 Å². The van der Waals surface area contributed by atoms with Gasteiger partial charge in [0.05, 0.1) is 18.9 Å². The SMILES string of the molecule is COCCn1c(SCC(=O)Nc2ccc(C3CCCCC3)cc2)nnc1-c1ccncc1. The van der Waals surface area contributed by atoms with E-state index in [1.807, 2.05) is 28.8 Å². The van der Waals surface area contributed by atoms with Crippen molar-refractivity contribution in [1.29, 1.82) is 0 Å². The molecule has 1 fully saturated rings. The van der Waals surface area contributed by atoms with Gasteiger partial charge in [0.2, 0.25) is 5.91 Å². The minimum Gasteiger partial charge on any atom is -0.383 e. The van der Waals surface area contributed by atoms with Gasteiger partial charge in [0, 0.05) is 30.8 Å². The molecule has 0 bridgehead atoms. The Morgan fingerprint density at radius 1 is 1.09 bits per heavy atom. The van der Waals surface area contributed by atoms with E-state index in [2.05, 4.69) is 32.6 Å². The Morgan fingerprint density at radius 2 is 1.84 bits per heavy atom. The predicted molar refractivity (Wildman–Crippen MR) is 127 cm³/mol. The van der Waals surface area contributed by atoms with Crippen LogP contribution >= 0.6 is 11.8 Å². The lowest BCUT2D eigenvalue weighted by Crippen LogP contribution is -2.15. The zero-order valence-electron chi connectivity index (χ0n) is 18.4. The molecular formula is C24H29N5O2S. The Kier molecular flexibility index (Phi) is 7.90. The van der Waals surface area contributed by atoms with E-state index in [4.69, 9.17) is 4.74 Å². The number of carbonyl (C=O) groups is 1. The van der Waals surface area contributed by atoms with Crippen molar-refractivity contribution in [2.45, 2.75) is 49.7 Å². The molecule has 168 valence electrons. The minimum atomic E-state index is -0.0628. The fourth-order valence-electron chi connectivity index (χ4n) is 4.10. The third kappa shape index (κ3) is 5.75. The molecule has 1 aliphatic rings. The first-order valence-corrected chi connectivity index (χ1v) is 12.1. The minimum absolute atomic E-state index is 0.0628. The number of benzene rings is 1. The maximum atomic E-state index is 12.6. The number of carbonyl (C=O) groups excluding carboxylic acids is 1. The average molecular weight is 452 g/mol. The highest BCUT2D eigenvalue weighted by atomic mass is 32.2. The van der Waals surface area contributed by atoms with E-state index in [-0.39, 0.29) is 11.7 Å². The number of anilines is 1. The summed E-state index contributed by atoms with van der Waals surface area (Å²) < 4.78 is 7.22. The van der Waals surface area contributed by atoms with Gasteiger partial charge in [0.15, 0.2) is 11.0 Å². The van der Waals surface area contributed by atoms with Crippen molar-refractivity contribution in [2.24, 2.45) is 0 Å². The number of methoxy groups -OCH3 is 1. The van der Waals surface area contributed by atoms with Crippen LogP contribution < -0.4 is 5.32 Å². The quantitative estimate of drug-likeness (QED) is 0.472. The second-order valence-corrected chi connectivity index (χ2v) is 8.92. The second kappa shape index (κ2) is 11.2. The smallest absolute Gasteiger partial charge is 0.234 e. The van der Waals surface area contributed by atoms with E-state index in [1.165, 1.54) is 49.4 Å². The summed E-state index contributed by atoms with van der Waals surface area (Å²) in [7, 11) is 1.66. The Labute approximate surface area is 193 Å². The van der Waals surface area contributed by atoms with E-state index < -0.39 is 0 Å². The van der Waals surface area contributed by atoms with Gasteiger partial charge in [0.1, 0.15) is 0 Å². The van der Waals surface area contributed by atoms with Gasteiger partial charge >= 0.3 is 0 Å². The standard InChI is InChI=1S/C24H29N5O2S/c1-31-16-15-29-23(20-11-13-25-14-12-20)27-28-24(29)32-17-22(30)26-21-9-7-19(8-10-21)18-5-3-2-4-6-18/h7-14,18H,2-6,15-17H2,1H3,(H,26,30). The number of nitrogens with zero attached hydrogens (tertiary/aromatic N) is 4. The lowest BCUT2D eigenvalue weighted by Gasteiger charge is -2.22. The summed E-state index contributed by atoms with van der Waals surface area (Å²) in [5.74, 6) is 1.60. The molecule has 32 heavy (non-hydrogen) atoms. The van der Waals surface area contributed by atoms with Crippen molar-refractivity contribution in [1.82, 2.24) is 19.7 Å². The first-order valence-electron chi connectivity index (χ1n) is 11.1. The van der Waals surface area contributed by atoms with Gasteiger partial charge in [-0.25, -0.2) is 0 Å². The lowest BCUT2D eigenvalue weighted by molar-refractivity contribution is -0.113. The van der Waals surface area contributed by atoms with Crippen molar-refractivity contribution in [3.63, 3.8) is 0 Å². The third-order valence-corrected chi connectivity index (χ3v) is 6.74. The molecule has 0 saturated heterocycles. The highest BCUT2D eigenvalue weighted by Gasteiger charge is 2.17. The molecule has 4 rings (SSSR count). The molecule has 8 heteroatoms. The van der Waals surface area contributed by atoms with Crippen molar-refractivity contribution in [3.05, 3.63) is 54.4 Å². The Bertz CT molecular complexity index is 1000. The average Bonchev–Trinajstić information content (AvgIpc) is 3.25. The van der Waals surface area contributed by atoms with Crippen LogP contribution in [0.15, 0.2) is 53.9 Å². The molecule has 0 atom stereocenters. The molecule has 0 aliphatic heterocycles.